The van der Waals surface area contributed by atoms with Crippen molar-refractivity contribution in [1.29, 1.82) is 5.26 Å². The molecular formula is C22H22N6O. The lowest BCUT2D eigenvalue weighted by atomic mass is 9.81. The van der Waals surface area contributed by atoms with Gasteiger partial charge in [0.1, 0.15) is 17.8 Å². The standard InChI is InChI=1S/C22H22N6O/c23-11-15-1-3-16(4-2-15)12-25-21(29)18-6-10-28(13-22(18)7-8-22)20-17-5-9-24-19(17)26-14-27-20/h1-5,9,14,18H,6-8,10,12-13H2,(H,25,29)(H,24,26,27). The third-order valence-electron chi connectivity index (χ3n) is 6.32. The fourth-order valence-corrected chi connectivity index (χ4v) is 4.54. The van der Waals surface area contributed by atoms with Gasteiger partial charge in [-0.2, -0.15) is 5.26 Å². The number of rotatable bonds is 4. The number of fused-ring (bicyclic) bond motifs is 1. The van der Waals surface area contributed by atoms with E-state index < -0.39 is 0 Å². The highest BCUT2D eigenvalue weighted by Gasteiger charge is 2.55. The van der Waals surface area contributed by atoms with Crippen molar-refractivity contribution in [3.05, 3.63) is 54.0 Å². The molecule has 1 atom stereocenters. The Kier molecular flexibility index (Phi) is 4.20. The van der Waals surface area contributed by atoms with E-state index in [1.807, 2.05) is 24.4 Å². The summed E-state index contributed by atoms with van der Waals surface area (Å²) in [6.45, 7) is 2.17. The maximum absolute atomic E-state index is 13.0. The zero-order valence-electron chi connectivity index (χ0n) is 16.1. The number of hydrogen-bond donors (Lipinski definition) is 2. The van der Waals surface area contributed by atoms with E-state index in [1.54, 1.807) is 18.5 Å². The van der Waals surface area contributed by atoms with Gasteiger partial charge in [0.25, 0.3) is 0 Å². The maximum Gasteiger partial charge on any atom is 0.224 e. The number of nitrogens with one attached hydrogen (secondary N) is 2. The highest BCUT2D eigenvalue weighted by molar-refractivity contribution is 5.87. The van der Waals surface area contributed by atoms with Gasteiger partial charge in [0.2, 0.25) is 5.91 Å². The van der Waals surface area contributed by atoms with E-state index >= 15 is 0 Å². The highest BCUT2D eigenvalue weighted by Crippen LogP contribution is 2.56. The number of aromatic nitrogens is 3. The Morgan fingerprint density at radius 2 is 2.10 bits per heavy atom. The molecule has 2 fully saturated rings. The first-order chi connectivity index (χ1) is 14.2. The van der Waals surface area contributed by atoms with Crippen LogP contribution in [0.3, 0.4) is 0 Å². The highest BCUT2D eigenvalue weighted by atomic mass is 16.1. The molecule has 1 aromatic carbocycles. The van der Waals surface area contributed by atoms with E-state index in [2.05, 4.69) is 31.2 Å². The first kappa shape index (κ1) is 17.7. The van der Waals surface area contributed by atoms with E-state index in [-0.39, 0.29) is 17.2 Å². The topological polar surface area (TPSA) is 97.7 Å². The van der Waals surface area contributed by atoms with Crippen molar-refractivity contribution < 1.29 is 4.79 Å². The molecule has 1 unspecified atom stereocenters. The van der Waals surface area contributed by atoms with Crippen molar-refractivity contribution in [2.75, 3.05) is 18.0 Å². The van der Waals surface area contributed by atoms with E-state index in [9.17, 15) is 4.79 Å². The van der Waals surface area contributed by atoms with Crippen molar-refractivity contribution >= 4 is 22.8 Å². The predicted octanol–water partition coefficient (Wildman–Crippen LogP) is 2.75. The summed E-state index contributed by atoms with van der Waals surface area (Å²) in [5.74, 6) is 1.14. The van der Waals surface area contributed by atoms with Gasteiger partial charge in [0.05, 0.1) is 17.0 Å². The molecule has 7 heteroatoms. The average Bonchev–Trinajstić information content (AvgIpc) is 3.34. The first-order valence-corrected chi connectivity index (χ1v) is 9.98. The number of nitrogens with zero attached hydrogens (tertiary/aromatic N) is 4. The van der Waals surface area contributed by atoms with E-state index in [1.165, 1.54) is 0 Å². The van der Waals surface area contributed by atoms with Gasteiger partial charge >= 0.3 is 0 Å². The minimum atomic E-state index is 0.0423. The van der Waals surface area contributed by atoms with Crippen LogP contribution in [0.4, 0.5) is 5.82 Å². The monoisotopic (exact) mass is 386 g/mol. The Labute approximate surface area is 168 Å². The Morgan fingerprint density at radius 3 is 2.86 bits per heavy atom. The second-order valence-electron chi connectivity index (χ2n) is 8.09. The molecule has 2 N–H and O–H groups in total. The second kappa shape index (κ2) is 6.89. The molecule has 3 aromatic rings. The molecule has 5 rings (SSSR count). The Hall–Kier alpha value is -3.40. The van der Waals surface area contributed by atoms with Crippen LogP contribution in [-0.2, 0) is 11.3 Å². The fraction of sp³-hybridized carbons (Fsp3) is 0.364. The quantitative estimate of drug-likeness (QED) is 0.718. The number of anilines is 1. The van der Waals surface area contributed by atoms with Crippen LogP contribution in [0, 0.1) is 22.7 Å². The number of piperidine rings is 1. The van der Waals surface area contributed by atoms with Gasteiger partial charge in [-0.1, -0.05) is 12.1 Å². The van der Waals surface area contributed by atoms with Gasteiger partial charge < -0.3 is 15.2 Å². The first-order valence-electron chi connectivity index (χ1n) is 9.98. The van der Waals surface area contributed by atoms with Gasteiger partial charge in [-0.05, 0) is 48.4 Å². The number of carbonyl (C=O) groups excluding carboxylic acids is 1. The van der Waals surface area contributed by atoms with Crippen molar-refractivity contribution in [2.24, 2.45) is 11.3 Å². The van der Waals surface area contributed by atoms with Gasteiger partial charge in [-0.25, -0.2) is 9.97 Å². The normalized spacial score (nSPS) is 19.8. The summed E-state index contributed by atoms with van der Waals surface area (Å²) in [5.41, 5.74) is 2.55. The number of aromatic amines is 1. The van der Waals surface area contributed by atoms with Gasteiger partial charge in [0, 0.05) is 31.7 Å². The fourth-order valence-electron chi connectivity index (χ4n) is 4.54. The van der Waals surface area contributed by atoms with Gasteiger partial charge in [-0.15, -0.1) is 0 Å². The Bertz CT molecular complexity index is 1090. The zero-order valence-corrected chi connectivity index (χ0v) is 16.1. The molecular weight excluding hydrogens is 364 g/mol. The van der Waals surface area contributed by atoms with Crippen LogP contribution in [0.1, 0.15) is 30.4 Å². The van der Waals surface area contributed by atoms with Crippen LogP contribution in [0.15, 0.2) is 42.9 Å². The number of hydrogen-bond acceptors (Lipinski definition) is 5. The third-order valence-corrected chi connectivity index (χ3v) is 6.32. The molecule has 1 saturated heterocycles. The van der Waals surface area contributed by atoms with E-state index in [4.69, 9.17) is 5.26 Å². The molecule has 7 nitrogen and oxygen atoms in total. The molecule has 1 saturated carbocycles. The minimum absolute atomic E-state index is 0.0423. The van der Waals surface area contributed by atoms with Gasteiger partial charge in [-0.3, -0.25) is 4.79 Å². The lowest BCUT2D eigenvalue weighted by Crippen LogP contribution is -2.48. The smallest absolute Gasteiger partial charge is 0.224 e. The summed E-state index contributed by atoms with van der Waals surface area (Å²) in [6.07, 6.45) is 6.48. The number of amides is 1. The summed E-state index contributed by atoms with van der Waals surface area (Å²) in [4.78, 5) is 27.2. The Balaban J connectivity index is 1.27. The SMILES string of the molecule is N#Cc1ccc(CNC(=O)C2CCN(c3ncnc4[nH]ccc34)CC23CC3)cc1. The summed E-state index contributed by atoms with van der Waals surface area (Å²) in [5, 5.41) is 13.0. The summed E-state index contributed by atoms with van der Waals surface area (Å²) < 4.78 is 0. The summed E-state index contributed by atoms with van der Waals surface area (Å²) >= 11 is 0. The van der Waals surface area contributed by atoms with Crippen molar-refractivity contribution in [1.82, 2.24) is 20.3 Å². The van der Waals surface area contributed by atoms with Crippen LogP contribution in [0.25, 0.3) is 11.0 Å². The van der Waals surface area contributed by atoms with E-state index in [0.29, 0.717) is 12.1 Å². The molecule has 2 aromatic heterocycles. The summed E-state index contributed by atoms with van der Waals surface area (Å²) in [6, 6.07) is 11.5. The number of benzene rings is 1. The molecule has 1 aliphatic carbocycles. The molecule has 0 bridgehead atoms. The molecule has 29 heavy (non-hydrogen) atoms. The lowest BCUT2D eigenvalue weighted by Gasteiger charge is -2.39. The third kappa shape index (κ3) is 3.21. The number of carbonyl (C=O) groups is 1. The zero-order chi connectivity index (χ0) is 19.8. The Morgan fingerprint density at radius 1 is 1.28 bits per heavy atom. The molecule has 1 amide bonds. The molecule has 1 aliphatic heterocycles. The molecule has 146 valence electrons. The van der Waals surface area contributed by atoms with Crippen LogP contribution in [0.2, 0.25) is 0 Å². The molecule has 3 heterocycles. The lowest BCUT2D eigenvalue weighted by molar-refractivity contribution is -0.128. The van der Waals surface area contributed by atoms with Gasteiger partial charge in [0.15, 0.2) is 0 Å². The van der Waals surface area contributed by atoms with Crippen LogP contribution < -0.4 is 10.2 Å². The number of H-pyrrole nitrogens is 1. The van der Waals surface area contributed by atoms with Crippen molar-refractivity contribution in [2.45, 2.75) is 25.8 Å². The van der Waals surface area contributed by atoms with E-state index in [0.717, 1.165) is 54.8 Å². The molecule has 1 spiro atoms. The molecule has 2 aliphatic rings. The van der Waals surface area contributed by atoms with Crippen LogP contribution in [-0.4, -0.2) is 33.9 Å². The average molecular weight is 386 g/mol. The van der Waals surface area contributed by atoms with Crippen LogP contribution in [0.5, 0.6) is 0 Å². The predicted molar refractivity (Wildman–Crippen MR) is 109 cm³/mol. The second-order valence-corrected chi connectivity index (χ2v) is 8.09. The molecule has 0 radical (unpaired) electrons. The summed E-state index contributed by atoms with van der Waals surface area (Å²) in [7, 11) is 0. The van der Waals surface area contributed by atoms with Crippen LogP contribution >= 0.6 is 0 Å². The number of nitriles is 1. The largest absolute Gasteiger partial charge is 0.355 e. The van der Waals surface area contributed by atoms with Crippen molar-refractivity contribution in [3.63, 3.8) is 0 Å². The maximum atomic E-state index is 13.0. The van der Waals surface area contributed by atoms with Crippen molar-refractivity contribution in [3.8, 4) is 6.07 Å². The minimum Gasteiger partial charge on any atom is -0.355 e.